The molecular weight excluding hydrogens is 220 g/mol. The number of rotatable bonds is 5. The highest BCUT2D eigenvalue weighted by Crippen LogP contribution is 2.20. The molecule has 0 aromatic carbocycles. The van der Waals surface area contributed by atoms with Crippen molar-refractivity contribution in [2.75, 3.05) is 6.54 Å². The van der Waals surface area contributed by atoms with Gasteiger partial charge < -0.3 is 5.32 Å². The molecular formula is C11H14N4S. The van der Waals surface area contributed by atoms with Crippen LogP contribution in [0.4, 0.5) is 0 Å². The van der Waals surface area contributed by atoms with E-state index >= 15 is 0 Å². The van der Waals surface area contributed by atoms with Crippen molar-refractivity contribution < 1.29 is 0 Å². The molecule has 4 nitrogen and oxygen atoms in total. The fourth-order valence-electron chi connectivity index (χ4n) is 1.61. The Labute approximate surface area is 98.1 Å². The van der Waals surface area contributed by atoms with Crippen LogP contribution in [0.3, 0.4) is 0 Å². The minimum absolute atomic E-state index is 0.764. The predicted molar refractivity (Wildman–Crippen MR) is 64.4 cm³/mol. The number of thiophene rings is 1. The second-order valence-electron chi connectivity index (χ2n) is 4.06. The Morgan fingerprint density at radius 2 is 2.44 bits per heavy atom. The SMILES string of the molecule is c1csc(-c2n[nH]c(CCNC3CC3)n2)c1. The topological polar surface area (TPSA) is 53.6 Å². The zero-order valence-electron chi connectivity index (χ0n) is 8.94. The molecule has 1 fully saturated rings. The summed E-state index contributed by atoms with van der Waals surface area (Å²) in [4.78, 5) is 5.60. The molecule has 16 heavy (non-hydrogen) atoms. The van der Waals surface area contributed by atoms with Crippen LogP contribution >= 0.6 is 11.3 Å². The zero-order chi connectivity index (χ0) is 10.8. The highest BCUT2D eigenvalue weighted by atomic mass is 32.1. The Morgan fingerprint density at radius 3 is 3.19 bits per heavy atom. The number of hydrogen-bond acceptors (Lipinski definition) is 4. The first-order chi connectivity index (χ1) is 7.92. The molecule has 84 valence electrons. The van der Waals surface area contributed by atoms with Crippen LogP contribution in [0.25, 0.3) is 10.7 Å². The van der Waals surface area contributed by atoms with Crippen LogP contribution in [0, 0.1) is 0 Å². The number of hydrogen-bond donors (Lipinski definition) is 2. The van der Waals surface area contributed by atoms with Gasteiger partial charge in [-0.15, -0.1) is 11.3 Å². The molecule has 2 N–H and O–H groups in total. The molecule has 2 aromatic heterocycles. The molecule has 2 aromatic rings. The van der Waals surface area contributed by atoms with Crippen molar-refractivity contribution in [1.82, 2.24) is 20.5 Å². The third-order valence-electron chi connectivity index (χ3n) is 2.65. The van der Waals surface area contributed by atoms with E-state index in [-0.39, 0.29) is 0 Å². The third kappa shape index (κ3) is 2.31. The van der Waals surface area contributed by atoms with E-state index in [1.165, 1.54) is 12.8 Å². The van der Waals surface area contributed by atoms with Crippen molar-refractivity contribution in [3.63, 3.8) is 0 Å². The summed E-state index contributed by atoms with van der Waals surface area (Å²) >= 11 is 1.67. The van der Waals surface area contributed by atoms with Gasteiger partial charge in [-0.2, -0.15) is 5.10 Å². The average molecular weight is 234 g/mol. The van der Waals surface area contributed by atoms with Crippen molar-refractivity contribution in [2.24, 2.45) is 0 Å². The molecule has 0 amide bonds. The quantitative estimate of drug-likeness (QED) is 0.830. The number of aromatic nitrogens is 3. The fraction of sp³-hybridized carbons (Fsp3) is 0.455. The summed E-state index contributed by atoms with van der Waals surface area (Å²) in [5.74, 6) is 1.79. The lowest BCUT2D eigenvalue weighted by Gasteiger charge is -1.98. The molecule has 0 unspecified atom stereocenters. The lowest BCUT2D eigenvalue weighted by atomic mass is 10.4. The van der Waals surface area contributed by atoms with Gasteiger partial charge in [-0.1, -0.05) is 6.07 Å². The molecule has 1 aliphatic carbocycles. The first-order valence-electron chi connectivity index (χ1n) is 5.60. The maximum absolute atomic E-state index is 4.47. The van der Waals surface area contributed by atoms with Gasteiger partial charge in [-0.05, 0) is 24.3 Å². The van der Waals surface area contributed by atoms with Gasteiger partial charge in [0, 0.05) is 19.0 Å². The summed E-state index contributed by atoms with van der Waals surface area (Å²) in [6.45, 7) is 0.990. The van der Waals surface area contributed by atoms with E-state index in [2.05, 4.69) is 20.5 Å². The molecule has 0 spiro atoms. The van der Waals surface area contributed by atoms with Crippen LogP contribution in [-0.2, 0) is 6.42 Å². The summed E-state index contributed by atoms with van der Waals surface area (Å²) in [7, 11) is 0. The Kier molecular flexibility index (Phi) is 2.71. The fourth-order valence-corrected chi connectivity index (χ4v) is 2.26. The van der Waals surface area contributed by atoms with E-state index in [1.54, 1.807) is 11.3 Å². The smallest absolute Gasteiger partial charge is 0.191 e. The summed E-state index contributed by atoms with van der Waals surface area (Å²) in [6, 6.07) is 4.82. The summed E-state index contributed by atoms with van der Waals surface area (Å²) in [6.07, 6.45) is 3.59. The second kappa shape index (κ2) is 4.35. The molecule has 0 atom stereocenters. The number of nitrogens with zero attached hydrogens (tertiary/aromatic N) is 2. The van der Waals surface area contributed by atoms with Crippen molar-refractivity contribution in [3.05, 3.63) is 23.3 Å². The van der Waals surface area contributed by atoms with Gasteiger partial charge in [0.2, 0.25) is 0 Å². The van der Waals surface area contributed by atoms with Crippen LogP contribution in [0.5, 0.6) is 0 Å². The largest absolute Gasteiger partial charge is 0.314 e. The molecule has 1 aliphatic rings. The van der Waals surface area contributed by atoms with E-state index in [1.807, 2.05) is 17.5 Å². The lowest BCUT2D eigenvalue weighted by molar-refractivity contribution is 0.667. The number of H-pyrrole nitrogens is 1. The molecule has 2 heterocycles. The van der Waals surface area contributed by atoms with E-state index in [0.717, 1.165) is 35.5 Å². The third-order valence-corrected chi connectivity index (χ3v) is 3.51. The second-order valence-corrected chi connectivity index (χ2v) is 5.01. The average Bonchev–Trinajstić information content (AvgIpc) is 2.83. The van der Waals surface area contributed by atoms with Crippen LogP contribution in [0.15, 0.2) is 17.5 Å². The van der Waals surface area contributed by atoms with Crippen molar-refractivity contribution in [3.8, 4) is 10.7 Å². The maximum Gasteiger partial charge on any atom is 0.191 e. The minimum Gasteiger partial charge on any atom is -0.314 e. The molecule has 5 heteroatoms. The summed E-state index contributed by atoms with van der Waals surface area (Å²) < 4.78 is 0. The van der Waals surface area contributed by atoms with Gasteiger partial charge in [0.05, 0.1) is 4.88 Å². The zero-order valence-corrected chi connectivity index (χ0v) is 9.76. The normalized spacial score (nSPS) is 15.5. The molecule has 0 bridgehead atoms. The Hall–Kier alpha value is -1.20. The molecule has 0 aliphatic heterocycles. The van der Waals surface area contributed by atoms with Gasteiger partial charge in [0.25, 0.3) is 0 Å². The van der Waals surface area contributed by atoms with Gasteiger partial charge in [-0.3, -0.25) is 5.10 Å². The molecule has 3 rings (SSSR count). The number of nitrogens with one attached hydrogen (secondary N) is 2. The van der Waals surface area contributed by atoms with Crippen LogP contribution in [0.2, 0.25) is 0 Å². The molecule has 1 saturated carbocycles. The Bertz CT molecular complexity index is 444. The van der Waals surface area contributed by atoms with E-state index < -0.39 is 0 Å². The van der Waals surface area contributed by atoms with Gasteiger partial charge in [-0.25, -0.2) is 4.98 Å². The Morgan fingerprint density at radius 1 is 1.50 bits per heavy atom. The van der Waals surface area contributed by atoms with Gasteiger partial charge >= 0.3 is 0 Å². The van der Waals surface area contributed by atoms with E-state index in [4.69, 9.17) is 0 Å². The van der Waals surface area contributed by atoms with Crippen molar-refractivity contribution in [2.45, 2.75) is 25.3 Å². The van der Waals surface area contributed by atoms with E-state index in [9.17, 15) is 0 Å². The maximum atomic E-state index is 4.47. The van der Waals surface area contributed by atoms with Crippen molar-refractivity contribution >= 4 is 11.3 Å². The predicted octanol–water partition coefficient (Wildman–Crippen LogP) is 1.83. The lowest BCUT2D eigenvalue weighted by Crippen LogP contribution is -2.19. The van der Waals surface area contributed by atoms with Crippen LogP contribution < -0.4 is 5.32 Å². The van der Waals surface area contributed by atoms with E-state index in [0.29, 0.717) is 0 Å². The first-order valence-corrected chi connectivity index (χ1v) is 6.48. The standard InChI is InChI=1S/C11H14N4S/c1-2-9(16-7-1)11-13-10(14-15-11)5-6-12-8-3-4-8/h1-2,7-8,12H,3-6H2,(H,13,14,15). The monoisotopic (exact) mass is 234 g/mol. The highest BCUT2D eigenvalue weighted by molar-refractivity contribution is 7.13. The summed E-state index contributed by atoms with van der Waals surface area (Å²) in [5.41, 5.74) is 0. The molecule has 0 saturated heterocycles. The van der Waals surface area contributed by atoms with Gasteiger partial charge in [0.15, 0.2) is 5.82 Å². The molecule has 0 radical (unpaired) electrons. The first kappa shape index (κ1) is 9.99. The highest BCUT2D eigenvalue weighted by Gasteiger charge is 2.19. The summed E-state index contributed by atoms with van der Waals surface area (Å²) in [5, 5.41) is 12.7. The van der Waals surface area contributed by atoms with Crippen LogP contribution in [-0.4, -0.2) is 27.8 Å². The Balaban J connectivity index is 1.59. The van der Waals surface area contributed by atoms with Crippen LogP contribution in [0.1, 0.15) is 18.7 Å². The van der Waals surface area contributed by atoms with Gasteiger partial charge in [0.1, 0.15) is 5.82 Å². The van der Waals surface area contributed by atoms with Crippen molar-refractivity contribution in [1.29, 1.82) is 0 Å². The minimum atomic E-state index is 0.764. The number of aromatic amines is 1.